The minimum absolute atomic E-state index is 0.0208. The molecule has 0 fully saturated rings. The van der Waals surface area contributed by atoms with Crippen molar-refractivity contribution in [1.29, 1.82) is 0 Å². The van der Waals surface area contributed by atoms with Gasteiger partial charge in [0, 0.05) is 4.90 Å². The summed E-state index contributed by atoms with van der Waals surface area (Å²) in [5, 5.41) is 2.98. The van der Waals surface area contributed by atoms with Crippen molar-refractivity contribution in [2.24, 2.45) is 0 Å². The molecule has 4 heteroatoms. The Balaban J connectivity index is 1.87. The highest BCUT2D eigenvalue weighted by Gasteiger charge is 2.11. The van der Waals surface area contributed by atoms with E-state index in [0.29, 0.717) is 5.75 Å². The monoisotopic (exact) mass is 303 g/mol. The number of benzene rings is 2. The quantitative estimate of drug-likeness (QED) is 0.842. The third kappa shape index (κ3) is 4.60. The van der Waals surface area contributed by atoms with Gasteiger partial charge >= 0.3 is 0 Å². The Morgan fingerprint density at radius 1 is 1.19 bits per heavy atom. The molecule has 1 atom stereocenters. The number of carbonyl (C=O) groups excluding carboxylic acids is 1. The van der Waals surface area contributed by atoms with Gasteiger partial charge in [0.05, 0.1) is 11.8 Å². The fraction of sp³-hybridized carbons (Fsp3) is 0.235. The fourth-order valence-electron chi connectivity index (χ4n) is 2.11. The Kier molecular flexibility index (Phi) is 5.39. The zero-order valence-electron chi connectivity index (χ0n) is 12.1. The molecule has 0 aliphatic rings. The molecule has 1 unspecified atom stereocenters. The first-order valence-corrected chi connectivity index (χ1v) is 7.78. The molecule has 0 aliphatic carbocycles. The summed E-state index contributed by atoms with van der Waals surface area (Å²) in [6, 6.07) is 14.1. The number of amides is 1. The van der Waals surface area contributed by atoms with Gasteiger partial charge in [-0.05, 0) is 49.2 Å². The first-order chi connectivity index (χ1) is 10.1. The Morgan fingerprint density at radius 2 is 1.86 bits per heavy atom. The van der Waals surface area contributed by atoms with Crippen molar-refractivity contribution in [3.05, 3.63) is 65.5 Å². The topological polar surface area (TPSA) is 29.1 Å². The zero-order valence-corrected chi connectivity index (χ0v) is 12.9. The molecular formula is C17H18FNOS. The third-order valence-corrected chi connectivity index (χ3v) is 4.23. The summed E-state index contributed by atoms with van der Waals surface area (Å²) in [6.07, 6.45) is 0. The first kappa shape index (κ1) is 15.6. The van der Waals surface area contributed by atoms with Crippen LogP contribution in [0.4, 0.5) is 4.39 Å². The van der Waals surface area contributed by atoms with Crippen LogP contribution >= 0.6 is 11.8 Å². The lowest BCUT2D eigenvalue weighted by atomic mass is 10.0. The number of aryl methyl sites for hydroxylation is 1. The molecule has 2 nitrogen and oxygen atoms in total. The van der Waals surface area contributed by atoms with Gasteiger partial charge in [-0.1, -0.05) is 24.3 Å². The van der Waals surface area contributed by atoms with Crippen molar-refractivity contribution in [3.63, 3.8) is 0 Å². The Labute approximate surface area is 128 Å². The lowest BCUT2D eigenvalue weighted by Crippen LogP contribution is -2.28. The molecule has 110 valence electrons. The van der Waals surface area contributed by atoms with Crippen LogP contribution in [0.5, 0.6) is 0 Å². The highest BCUT2D eigenvalue weighted by molar-refractivity contribution is 8.00. The number of halogens is 1. The summed E-state index contributed by atoms with van der Waals surface area (Å²) in [4.78, 5) is 12.9. The van der Waals surface area contributed by atoms with E-state index < -0.39 is 0 Å². The second-order valence-electron chi connectivity index (χ2n) is 4.89. The van der Waals surface area contributed by atoms with Gasteiger partial charge in [-0.3, -0.25) is 4.79 Å². The van der Waals surface area contributed by atoms with Crippen molar-refractivity contribution in [2.75, 3.05) is 5.75 Å². The summed E-state index contributed by atoms with van der Waals surface area (Å²) in [7, 11) is 0. The predicted molar refractivity (Wildman–Crippen MR) is 84.9 cm³/mol. The second kappa shape index (κ2) is 7.27. The molecule has 0 aromatic heterocycles. The van der Waals surface area contributed by atoms with Crippen molar-refractivity contribution in [1.82, 2.24) is 5.32 Å². The Bertz CT molecular complexity index is 612. The van der Waals surface area contributed by atoms with E-state index in [9.17, 15) is 9.18 Å². The van der Waals surface area contributed by atoms with Gasteiger partial charge in [0.1, 0.15) is 5.82 Å². The molecule has 2 rings (SSSR count). The molecule has 21 heavy (non-hydrogen) atoms. The van der Waals surface area contributed by atoms with Crippen LogP contribution in [0.1, 0.15) is 24.1 Å². The van der Waals surface area contributed by atoms with Crippen LogP contribution in [0.3, 0.4) is 0 Å². The summed E-state index contributed by atoms with van der Waals surface area (Å²) in [5.74, 6) is 0.0269. The highest BCUT2D eigenvalue weighted by Crippen LogP contribution is 2.19. The molecule has 0 radical (unpaired) electrons. The van der Waals surface area contributed by atoms with Crippen LogP contribution in [0, 0.1) is 12.7 Å². The van der Waals surface area contributed by atoms with Gasteiger partial charge < -0.3 is 5.32 Å². The van der Waals surface area contributed by atoms with Crippen molar-refractivity contribution < 1.29 is 9.18 Å². The van der Waals surface area contributed by atoms with E-state index in [1.54, 1.807) is 12.1 Å². The summed E-state index contributed by atoms with van der Waals surface area (Å²) >= 11 is 1.40. The van der Waals surface area contributed by atoms with Crippen molar-refractivity contribution in [3.8, 4) is 0 Å². The first-order valence-electron chi connectivity index (χ1n) is 6.79. The normalized spacial score (nSPS) is 12.0. The summed E-state index contributed by atoms with van der Waals surface area (Å²) in [6.45, 7) is 4.01. The van der Waals surface area contributed by atoms with E-state index >= 15 is 0 Å². The number of carbonyl (C=O) groups is 1. The SMILES string of the molecule is Cc1ccccc1C(C)NC(=O)CSc1ccc(F)cc1. The van der Waals surface area contributed by atoms with Crippen molar-refractivity contribution >= 4 is 17.7 Å². The molecule has 2 aromatic rings. The predicted octanol–water partition coefficient (Wildman–Crippen LogP) is 4.10. The maximum atomic E-state index is 12.8. The number of thioether (sulfide) groups is 1. The molecule has 1 amide bonds. The van der Waals surface area contributed by atoms with Crippen molar-refractivity contribution in [2.45, 2.75) is 24.8 Å². The standard InChI is InChI=1S/C17H18FNOS/c1-12-5-3-4-6-16(12)13(2)19-17(20)11-21-15-9-7-14(18)8-10-15/h3-10,13H,11H2,1-2H3,(H,19,20). The maximum absolute atomic E-state index is 12.8. The minimum Gasteiger partial charge on any atom is -0.349 e. The van der Waals surface area contributed by atoms with Gasteiger partial charge in [0.25, 0.3) is 0 Å². The largest absolute Gasteiger partial charge is 0.349 e. The molecular weight excluding hydrogens is 285 g/mol. The minimum atomic E-state index is -0.267. The van der Waals surface area contributed by atoms with Crippen LogP contribution in [-0.4, -0.2) is 11.7 Å². The van der Waals surface area contributed by atoms with E-state index in [1.165, 1.54) is 23.9 Å². The van der Waals surface area contributed by atoms with E-state index in [0.717, 1.165) is 16.0 Å². The summed E-state index contributed by atoms with van der Waals surface area (Å²) in [5.41, 5.74) is 2.29. The number of hydrogen-bond acceptors (Lipinski definition) is 2. The number of hydrogen-bond donors (Lipinski definition) is 1. The van der Waals surface area contributed by atoms with E-state index in [-0.39, 0.29) is 17.8 Å². The van der Waals surface area contributed by atoms with E-state index in [4.69, 9.17) is 0 Å². The Morgan fingerprint density at radius 3 is 2.52 bits per heavy atom. The van der Waals surface area contributed by atoms with Crippen LogP contribution in [0.2, 0.25) is 0 Å². The fourth-order valence-corrected chi connectivity index (χ4v) is 2.82. The molecule has 0 saturated carbocycles. The number of nitrogens with one attached hydrogen (secondary N) is 1. The molecule has 2 aromatic carbocycles. The Hall–Kier alpha value is -1.81. The van der Waals surface area contributed by atoms with E-state index in [2.05, 4.69) is 5.32 Å². The van der Waals surface area contributed by atoms with E-state index in [1.807, 2.05) is 38.1 Å². The molecule has 1 N–H and O–H groups in total. The van der Waals surface area contributed by atoms with Crippen LogP contribution in [-0.2, 0) is 4.79 Å². The molecule has 0 bridgehead atoms. The van der Waals surface area contributed by atoms with Gasteiger partial charge in [-0.25, -0.2) is 4.39 Å². The highest BCUT2D eigenvalue weighted by atomic mass is 32.2. The van der Waals surface area contributed by atoms with Gasteiger partial charge in [0.15, 0.2) is 0 Å². The molecule has 0 saturated heterocycles. The van der Waals surface area contributed by atoms with Gasteiger partial charge in [-0.2, -0.15) is 0 Å². The lowest BCUT2D eigenvalue weighted by molar-refractivity contribution is -0.119. The zero-order chi connectivity index (χ0) is 15.2. The maximum Gasteiger partial charge on any atom is 0.230 e. The molecule has 0 aliphatic heterocycles. The van der Waals surface area contributed by atoms with Crippen LogP contribution < -0.4 is 5.32 Å². The average molecular weight is 303 g/mol. The van der Waals surface area contributed by atoms with Gasteiger partial charge in [-0.15, -0.1) is 11.8 Å². The smallest absolute Gasteiger partial charge is 0.230 e. The average Bonchev–Trinajstić information content (AvgIpc) is 2.47. The molecule has 0 heterocycles. The van der Waals surface area contributed by atoms with Crippen LogP contribution in [0.25, 0.3) is 0 Å². The van der Waals surface area contributed by atoms with Crippen LogP contribution in [0.15, 0.2) is 53.4 Å². The molecule has 0 spiro atoms. The lowest BCUT2D eigenvalue weighted by Gasteiger charge is -2.16. The second-order valence-corrected chi connectivity index (χ2v) is 5.94. The third-order valence-electron chi connectivity index (χ3n) is 3.22. The van der Waals surface area contributed by atoms with Gasteiger partial charge in [0.2, 0.25) is 5.91 Å². The summed E-state index contributed by atoms with van der Waals surface area (Å²) < 4.78 is 12.8. The number of rotatable bonds is 5.